The molecule has 0 aliphatic rings. The molecule has 2 aromatic rings. The van der Waals surface area contributed by atoms with Gasteiger partial charge in [-0.25, -0.2) is 13.1 Å². The van der Waals surface area contributed by atoms with E-state index in [4.69, 9.17) is 23.2 Å². The number of amides is 1. The molecule has 26 heavy (non-hydrogen) atoms. The molecule has 0 aromatic heterocycles. The van der Waals surface area contributed by atoms with Crippen molar-refractivity contribution in [1.29, 1.82) is 0 Å². The molecule has 5 nitrogen and oxygen atoms in total. The van der Waals surface area contributed by atoms with Crippen molar-refractivity contribution >= 4 is 39.1 Å². The average Bonchev–Trinajstić information content (AvgIpc) is 2.57. The van der Waals surface area contributed by atoms with Crippen molar-refractivity contribution in [1.82, 2.24) is 9.62 Å². The number of carbonyl (C=O) groups excluding carboxylic acids is 1. The predicted molar refractivity (Wildman–Crippen MR) is 104 cm³/mol. The van der Waals surface area contributed by atoms with Gasteiger partial charge >= 0.3 is 0 Å². The van der Waals surface area contributed by atoms with Crippen LogP contribution in [0.4, 0.5) is 0 Å². The first-order valence-corrected chi connectivity index (χ1v) is 10.2. The monoisotopic (exact) mass is 414 g/mol. The number of nitrogens with zero attached hydrogens (tertiary/aromatic N) is 1. The summed E-state index contributed by atoms with van der Waals surface area (Å²) < 4.78 is 26.8. The van der Waals surface area contributed by atoms with Gasteiger partial charge in [0.05, 0.1) is 14.9 Å². The van der Waals surface area contributed by atoms with E-state index in [0.29, 0.717) is 15.6 Å². The zero-order valence-corrected chi connectivity index (χ0v) is 17.0. The van der Waals surface area contributed by atoms with Crippen molar-refractivity contribution in [3.63, 3.8) is 0 Å². The maximum atomic E-state index is 12.6. The second-order valence-electron chi connectivity index (χ2n) is 6.17. The van der Waals surface area contributed by atoms with Gasteiger partial charge in [0.25, 0.3) is 5.91 Å². The Hall–Kier alpha value is -1.60. The standard InChI is InChI=1S/C18H20Cl2N2O3S/c1-12(2)21-26(24,25)15-9-7-13(8-10-15)18(23)22(3)11-14-5-4-6-16(19)17(14)20/h4-10,12,21H,11H2,1-3H3. The van der Waals surface area contributed by atoms with Gasteiger partial charge < -0.3 is 4.90 Å². The molecule has 8 heteroatoms. The van der Waals surface area contributed by atoms with Crippen LogP contribution in [0.2, 0.25) is 10.0 Å². The minimum Gasteiger partial charge on any atom is -0.337 e. The molecule has 1 amide bonds. The van der Waals surface area contributed by atoms with Gasteiger partial charge in [0, 0.05) is 25.2 Å². The van der Waals surface area contributed by atoms with Crippen LogP contribution in [0, 0.1) is 0 Å². The van der Waals surface area contributed by atoms with Crippen molar-refractivity contribution in [2.45, 2.75) is 31.3 Å². The minimum atomic E-state index is -3.59. The highest BCUT2D eigenvalue weighted by Crippen LogP contribution is 2.26. The molecule has 1 N–H and O–H groups in total. The van der Waals surface area contributed by atoms with Crippen molar-refractivity contribution in [2.24, 2.45) is 0 Å². The smallest absolute Gasteiger partial charge is 0.253 e. The van der Waals surface area contributed by atoms with Crippen LogP contribution < -0.4 is 4.72 Å². The summed E-state index contributed by atoms with van der Waals surface area (Å²) in [7, 11) is -1.94. The summed E-state index contributed by atoms with van der Waals surface area (Å²) in [5.74, 6) is -0.248. The Morgan fingerprint density at radius 2 is 1.73 bits per heavy atom. The van der Waals surface area contributed by atoms with Crippen LogP contribution in [-0.2, 0) is 16.6 Å². The minimum absolute atomic E-state index is 0.114. The Balaban J connectivity index is 2.15. The Labute approximate surface area is 164 Å². The SMILES string of the molecule is CC(C)NS(=O)(=O)c1ccc(C(=O)N(C)Cc2cccc(Cl)c2Cl)cc1. The summed E-state index contributed by atoms with van der Waals surface area (Å²) in [4.78, 5) is 14.2. The van der Waals surface area contributed by atoms with Gasteiger partial charge in [-0.05, 0) is 49.7 Å². The number of rotatable bonds is 6. The number of hydrogen-bond donors (Lipinski definition) is 1. The van der Waals surface area contributed by atoms with E-state index in [1.807, 2.05) is 0 Å². The third-order valence-corrected chi connectivity index (χ3v) is 6.12. The normalized spacial score (nSPS) is 11.6. The van der Waals surface area contributed by atoms with Crippen molar-refractivity contribution in [2.75, 3.05) is 7.05 Å². The van der Waals surface area contributed by atoms with Crippen LogP contribution in [0.5, 0.6) is 0 Å². The van der Waals surface area contributed by atoms with Gasteiger partial charge in [-0.1, -0.05) is 35.3 Å². The van der Waals surface area contributed by atoms with Gasteiger partial charge in [-0.2, -0.15) is 0 Å². The predicted octanol–water partition coefficient (Wildman–Crippen LogP) is 3.95. The molecule has 0 atom stereocenters. The zero-order chi connectivity index (χ0) is 19.5. The maximum absolute atomic E-state index is 12.6. The topological polar surface area (TPSA) is 66.5 Å². The highest BCUT2D eigenvalue weighted by molar-refractivity contribution is 7.89. The molecule has 0 saturated heterocycles. The lowest BCUT2D eigenvalue weighted by atomic mass is 10.1. The van der Waals surface area contributed by atoms with Gasteiger partial charge in [-0.3, -0.25) is 4.79 Å². The van der Waals surface area contributed by atoms with E-state index in [1.54, 1.807) is 39.1 Å². The summed E-state index contributed by atoms with van der Waals surface area (Å²) in [5.41, 5.74) is 1.12. The number of benzene rings is 2. The fourth-order valence-electron chi connectivity index (χ4n) is 2.37. The molecule has 2 aromatic carbocycles. The Kier molecular flexibility index (Phi) is 6.69. The van der Waals surface area contributed by atoms with Crippen molar-refractivity contribution in [3.05, 3.63) is 63.6 Å². The molecule has 0 radical (unpaired) electrons. The summed E-state index contributed by atoms with van der Waals surface area (Å²) in [5, 5.41) is 0.840. The van der Waals surface area contributed by atoms with E-state index < -0.39 is 10.0 Å². The van der Waals surface area contributed by atoms with Crippen molar-refractivity contribution in [3.8, 4) is 0 Å². The second-order valence-corrected chi connectivity index (χ2v) is 8.67. The summed E-state index contributed by atoms with van der Waals surface area (Å²) in [6.45, 7) is 3.77. The first kappa shape index (κ1) is 20.7. The highest BCUT2D eigenvalue weighted by atomic mass is 35.5. The molecule has 140 valence electrons. The fraction of sp³-hybridized carbons (Fsp3) is 0.278. The molecule has 0 aliphatic heterocycles. The lowest BCUT2D eigenvalue weighted by Gasteiger charge is -2.18. The van der Waals surface area contributed by atoms with Gasteiger partial charge in [0.15, 0.2) is 0 Å². The van der Waals surface area contributed by atoms with Crippen LogP contribution in [0.15, 0.2) is 47.4 Å². The van der Waals surface area contributed by atoms with E-state index >= 15 is 0 Å². The first-order valence-electron chi connectivity index (χ1n) is 7.92. The number of sulfonamides is 1. The molecular weight excluding hydrogens is 395 g/mol. The lowest BCUT2D eigenvalue weighted by Crippen LogP contribution is -2.30. The van der Waals surface area contributed by atoms with Crippen LogP contribution >= 0.6 is 23.2 Å². The molecule has 2 rings (SSSR count). The molecule has 0 heterocycles. The van der Waals surface area contributed by atoms with Crippen LogP contribution in [0.3, 0.4) is 0 Å². The molecule has 0 bridgehead atoms. The number of carbonyl (C=O) groups is 1. The lowest BCUT2D eigenvalue weighted by molar-refractivity contribution is 0.0785. The van der Waals surface area contributed by atoms with E-state index in [2.05, 4.69) is 4.72 Å². The van der Waals surface area contributed by atoms with E-state index in [9.17, 15) is 13.2 Å². The van der Waals surface area contributed by atoms with E-state index in [0.717, 1.165) is 5.56 Å². The molecular formula is C18H20Cl2N2O3S. The average molecular weight is 415 g/mol. The van der Waals surface area contributed by atoms with Crippen LogP contribution in [0.25, 0.3) is 0 Å². The fourth-order valence-corrected chi connectivity index (χ4v) is 4.00. The Morgan fingerprint density at radius 3 is 2.31 bits per heavy atom. The molecule has 0 unspecified atom stereocenters. The highest BCUT2D eigenvalue weighted by Gasteiger charge is 2.18. The second kappa shape index (κ2) is 8.39. The Bertz CT molecular complexity index is 897. The van der Waals surface area contributed by atoms with Crippen molar-refractivity contribution < 1.29 is 13.2 Å². The van der Waals surface area contributed by atoms with Crippen LogP contribution in [0.1, 0.15) is 29.8 Å². The molecule has 0 aliphatic carbocycles. The van der Waals surface area contributed by atoms with Gasteiger partial charge in [-0.15, -0.1) is 0 Å². The number of nitrogens with one attached hydrogen (secondary N) is 1. The summed E-state index contributed by atoms with van der Waals surface area (Å²) >= 11 is 12.1. The van der Waals surface area contributed by atoms with Gasteiger partial charge in [0.1, 0.15) is 0 Å². The largest absolute Gasteiger partial charge is 0.337 e. The number of hydrogen-bond acceptors (Lipinski definition) is 3. The number of halogens is 2. The van der Waals surface area contributed by atoms with E-state index in [-0.39, 0.29) is 23.4 Å². The van der Waals surface area contributed by atoms with Crippen LogP contribution in [-0.4, -0.2) is 32.3 Å². The third-order valence-electron chi connectivity index (χ3n) is 3.59. The third kappa shape index (κ3) is 4.98. The first-order chi connectivity index (χ1) is 12.1. The summed E-state index contributed by atoms with van der Waals surface area (Å²) in [6.07, 6.45) is 0. The van der Waals surface area contributed by atoms with Gasteiger partial charge in [0.2, 0.25) is 10.0 Å². The zero-order valence-electron chi connectivity index (χ0n) is 14.7. The maximum Gasteiger partial charge on any atom is 0.253 e. The molecule has 0 spiro atoms. The quantitative estimate of drug-likeness (QED) is 0.777. The Morgan fingerprint density at radius 1 is 1.12 bits per heavy atom. The molecule has 0 fully saturated rings. The molecule has 0 saturated carbocycles. The summed E-state index contributed by atoms with van der Waals surface area (Å²) in [6, 6.07) is 10.8. The van der Waals surface area contributed by atoms with E-state index in [1.165, 1.54) is 29.2 Å².